The van der Waals surface area contributed by atoms with E-state index in [1.165, 1.54) is 5.56 Å². The number of hydrogen-bond acceptors (Lipinski definition) is 3. The number of rotatable bonds is 7. The highest BCUT2D eigenvalue weighted by atomic mass is 35.5. The number of nitrogens with one attached hydrogen (secondary N) is 1. The van der Waals surface area contributed by atoms with Crippen LogP contribution in [0.2, 0.25) is 5.02 Å². The Balaban J connectivity index is 1.33. The molecular formula is C21H25ClN2O2. The summed E-state index contributed by atoms with van der Waals surface area (Å²) < 4.78 is 6.01. The zero-order chi connectivity index (χ0) is 18.2. The molecule has 2 aromatic rings. The average Bonchev–Trinajstić information content (AvgIpc) is 2.66. The molecule has 0 radical (unpaired) electrons. The van der Waals surface area contributed by atoms with Crippen LogP contribution in [0.4, 0.5) is 5.69 Å². The maximum atomic E-state index is 12.1. The van der Waals surface area contributed by atoms with Crippen LogP contribution in [0.1, 0.15) is 24.8 Å². The summed E-state index contributed by atoms with van der Waals surface area (Å²) in [6.07, 6.45) is 2.83. The molecule has 2 aromatic carbocycles. The largest absolute Gasteiger partial charge is 0.373 e. The third-order valence-electron chi connectivity index (χ3n) is 4.63. The summed E-state index contributed by atoms with van der Waals surface area (Å²) in [5, 5.41) is 3.52. The van der Waals surface area contributed by atoms with E-state index in [0.717, 1.165) is 38.2 Å². The van der Waals surface area contributed by atoms with Crippen LogP contribution in [0.25, 0.3) is 0 Å². The van der Waals surface area contributed by atoms with E-state index < -0.39 is 0 Å². The molecule has 1 heterocycles. The van der Waals surface area contributed by atoms with Gasteiger partial charge in [0.15, 0.2) is 0 Å². The molecule has 1 amide bonds. The van der Waals surface area contributed by atoms with E-state index in [2.05, 4.69) is 22.3 Å². The molecule has 0 saturated carbocycles. The number of piperidine rings is 1. The SMILES string of the molecule is O=C(CCN1CCC(OCc2ccccc2)CC1)Nc1cccc(Cl)c1. The van der Waals surface area contributed by atoms with Crippen molar-refractivity contribution >= 4 is 23.2 Å². The molecule has 1 aliphatic heterocycles. The number of nitrogens with zero attached hydrogens (tertiary/aromatic N) is 1. The lowest BCUT2D eigenvalue weighted by atomic mass is 10.1. The zero-order valence-corrected chi connectivity index (χ0v) is 15.6. The Hall–Kier alpha value is -1.88. The normalized spacial score (nSPS) is 15.7. The molecule has 0 spiro atoms. The summed E-state index contributed by atoms with van der Waals surface area (Å²) in [7, 11) is 0. The molecule has 5 heteroatoms. The van der Waals surface area contributed by atoms with Crippen molar-refractivity contribution in [2.75, 3.05) is 25.0 Å². The predicted octanol–water partition coefficient (Wildman–Crippen LogP) is 4.35. The summed E-state index contributed by atoms with van der Waals surface area (Å²) in [5.74, 6) is 0.0229. The van der Waals surface area contributed by atoms with Crippen LogP contribution in [0, 0.1) is 0 Å². The molecule has 1 saturated heterocycles. The van der Waals surface area contributed by atoms with E-state index in [-0.39, 0.29) is 5.91 Å². The number of ether oxygens (including phenoxy) is 1. The molecule has 0 atom stereocenters. The van der Waals surface area contributed by atoms with Crippen molar-refractivity contribution in [2.24, 2.45) is 0 Å². The van der Waals surface area contributed by atoms with Crippen LogP contribution in [-0.2, 0) is 16.1 Å². The third kappa shape index (κ3) is 6.13. The minimum absolute atomic E-state index is 0.0229. The number of likely N-dealkylation sites (tertiary alicyclic amines) is 1. The summed E-state index contributed by atoms with van der Waals surface area (Å²) in [6.45, 7) is 3.40. The lowest BCUT2D eigenvalue weighted by molar-refractivity contribution is -0.116. The quantitative estimate of drug-likeness (QED) is 0.785. The maximum absolute atomic E-state index is 12.1. The molecule has 1 aliphatic rings. The number of anilines is 1. The molecule has 0 bridgehead atoms. The number of halogens is 1. The van der Waals surface area contributed by atoms with Crippen LogP contribution in [0.15, 0.2) is 54.6 Å². The van der Waals surface area contributed by atoms with Gasteiger partial charge in [-0.2, -0.15) is 0 Å². The fourth-order valence-corrected chi connectivity index (χ4v) is 3.33. The van der Waals surface area contributed by atoms with Gasteiger partial charge in [-0.25, -0.2) is 0 Å². The van der Waals surface area contributed by atoms with Crippen LogP contribution < -0.4 is 5.32 Å². The van der Waals surface area contributed by atoms with Gasteiger partial charge in [0.2, 0.25) is 5.91 Å². The van der Waals surface area contributed by atoms with Crippen LogP contribution >= 0.6 is 11.6 Å². The zero-order valence-electron chi connectivity index (χ0n) is 14.9. The molecule has 4 nitrogen and oxygen atoms in total. The highest BCUT2D eigenvalue weighted by molar-refractivity contribution is 6.30. The second-order valence-corrected chi connectivity index (χ2v) is 7.08. The minimum Gasteiger partial charge on any atom is -0.373 e. The Morgan fingerprint density at radius 3 is 2.62 bits per heavy atom. The van der Waals surface area contributed by atoms with Gasteiger partial charge in [0.05, 0.1) is 12.7 Å². The van der Waals surface area contributed by atoms with Crippen molar-refractivity contribution in [3.05, 3.63) is 65.2 Å². The van der Waals surface area contributed by atoms with Crippen molar-refractivity contribution in [1.82, 2.24) is 4.90 Å². The maximum Gasteiger partial charge on any atom is 0.225 e. The summed E-state index contributed by atoms with van der Waals surface area (Å²) in [6, 6.07) is 17.5. The Morgan fingerprint density at radius 2 is 1.88 bits per heavy atom. The van der Waals surface area contributed by atoms with Crippen molar-refractivity contribution in [2.45, 2.75) is 32.0 Å². The third-order valence-corrected chi connectivity index (χ3v) is 4.86. The van der Waals surface area contributed by atoms with Crippen LogP contribution in [0.3, 0.4) is 0 Å². The van der Waals surface area contributed by atoms with E-state index in [1.807, 2.05) is 30.3 Å². The monoisotopic (exact) mass is 372 g/mol. The van der Waals surface area contributed by atoms with Crippen molar-refractivity contribution < 1.29 is 9.53 Å². The minimum atomic E-state index is 0.0229. The lowest BCUT2D eigenvalue weighted by Crippen LogP contribution is -2.38. The van der Waals surface area contributed by atoms with Crippen molar-refractivity contribution in [3.8, 4) is 0 Å². The Bertz CT molecular complexity index is 700. The topological polar surface area (TPSA) is 41.6 Å². The number of carbonyl (C=O) groups is 1. The standard InChI is InChI=1S/C21H25ClN2O2/c22-18-7-4-8-19(15-18)23-21(25)11-14-24-12-9-20(10-13-24)26-16-17-5-2-1-3-6-17/h1-8,15,20H,9-14,16H2,(H,23,25). The molecule has 0 aliphatic carbocycles. The van der Waals surface area contributed by atoms with Gasteiger partial charge < -0.3 is 15.0 Å². The molecule has 1 N–H and O–H groups in total. The molecule has 0 aromatic heterocycles. The van der Waals surface area contributed by atoms with Gasteiger partial charge in [0, 0.05) is 36.8 Å². The number of amides is 1. The Labute approximate surface area is 160 Å². The van der Waals surface area contributed by atoms with Gasteiger partial charge >= 0.3 is 0 Å². The summed E-state index contributed by atoms with van der Waals surface area (Å²) >= 11 is 5.93. The number of hydrogen-bond donors (Lipinski definition) is 1. The van der Waals surface area contributed by atoms with Crippen LogP contribution in [-0.4, -0.2) is 36.5 Å². The highest BCUT2D eigenvalue weighted by Gasteiger charge is 2.20. The van der Waals surface area contributed by atoms with E-state index in [4.69, 9.17) is 16.3 Å². The first-order valence-electron chi connectivity index (χ1n) is 9.12. The molecule has 0 unspecified atom stereocenters. The fourth-order valence-electron chi connectivity index (χ4n) is 3.14. The first kappa shape index (κ1) is 18.9. The molecular weight excluding hydrogens is 348 g/mol. The van der Waals surface area contributed by atoms with Gasteiger partial charge in [-0.05, 0) is 36.6 Å². The summed E-state index contributed by atoms with van der Waals surface area (Å²) in [4.78, 5) is 14.4. The molecule has 1 fully saturated rings. The van der Waals surface area contributed by atoms with E-state index in [0.29, 0.717) is 24.2 Å². The summed E-state index contributed by atoms with van der Waals surface area (Å²) in [5.41, 5.74) is 1.96. The lowest BCUT2D eigenvalue weighted by Gasteiger charge is -2.31. The van der Waals surface area contributed by atoms with Crippen LogP contribution in [0.5, 0.6) is 0 Å². The van der Waals surface area contributed by atoms with Gasteiger partial charge in [-0.3, -0.25) is 4.79 Å². The highest BCUT2D eigenvalue weighted by Crippen LogP contribution is 2.17. The predicted molar refractivity (Wildman–Crippen MR) is 105 cm³/mol. The number of benzene rings is 2. The first-order chi connectivity index (χ1) is 12.7. The van der Waals surface area contributed by atoms with E-state index in [9.17, 15) is 4.79 Å². The fraction of sp³-hybridized carbons (Fsp3) is 0.381. The molecule has 3 rings (SSSR count). The average molecular weight is 373 g/mol. The van der Waals surface area contributed by atoms with E-state index >= 15 is 0 Å². The molecule has 26 heavy (non-hydrogen) atoms. The van der Waals surface area contributed by atoms with Crippen molar-refractivity contribution in [1.29, 1.82) is 0 Å². The van der Waals surface area contributed by atoms with Gasteiger partial charge in [-0.15, -0.1) is 0 Å². The van der Waals surface area contributed by atoms with Gasteiger partial charge in [0.25, 0.3) is 0 Å². The smallest absolute Gasteiger partial charge is 0.225 e. The Kier molecular flexibility index (Phi) is 7.06. The second-order valence-electron chi connectivity index (χ2n) is 6.65. The van der Waals surface area contributed by atoms with Crippen molar-refractivity contribution in [3.63, 3.8) is 0 Å². The molecule has 138 valence electrons. The van der Waals surface area contributed by atoms with E-state index in [1.54, 1.807) is 12.1 Å². The van der Waals surface area contributed by atoms with Gasteiger partial charge in [0.1, 0.15) is 0 Å². The first-order valence-corrected chi connectivity index (χ1v) is 9.50. The van der Waals surface area contributed by atoms with Gasteiger partial charge in [-0.1, -0.05) is 48.0 Å². The number of carbonyl (C=O) groups excluding carboxylic acids is 1. The Morgan fingerprint density at radius 1 is 1.12 bits per heavy atom. The second kappa shape index (κ2) is 9.72.